The van der Waals surface area contributed by atoms with Crippen molar-refractivity contribution in [2.75, 3.05) is 0 Å². The molecule has 204 valence electrons. The molecule has 0 saturated carbocycles. The van der Waals surface area contributed by atoms with Crippen LogP contribution >= 0.6 is 0 Å². The van der Waals surface area contributed by atoms with E-state index in [1.54, 1.807) is 0 Å². The summed E-state index contributed by atoms with van der Waals surface area (Å²) < 4.78 is 7.58. The molecule has 0 atom stereocenters. The Bertz CT molecular complexity index is 2250. The molecule has 0 saturated heterocycles. The third-order valence-electron chi connectivity index (χ3n) is 9.65. The van der Waals surface area contributed by atoms with Crippen LogP contribution < -0.4 is 13.7 Å². The summed E-state index contributed by atoms with van der Waals surface area (Å²) in [4.78, 5) is 0. The summed E-state index contributed by atoms with van der Waals surface area (Å²) in [6, 6.07) is 36.2. The second kappa shape index (κ2) is 8.68. The molecule has 10 rings (SSSR count). The first-order valence-corrected chi connectivity index (χ1v) is 15.2. The maximum atomic E-state index is 2.64. The van der Waals surface area contributed by atoms with E-state index in [2.05, 4.69) is 151 Å². The number of benzene rings is 3. The number of aryl methyl sites for hydroxylation is 4. The molecule has 3 aromatic heterocycles. The minimum Gasteiger partial charge on any atom is -0.157 e. The normalized spacial score (nSPS) is 13.4. The molecule has 0 unspecified atom stereocenters. The second-order valence-corrected chi connectivity index (χ2v) is 12.2. The molecule has 43 heavy (non-hydrogen) atoms. The highest BCUT2D eigenvalue weighted by molar-refractivity contribution is 5.92. The molecule has 8 bridgehead atoms. The van der Waals surface area contributed by atoms with Crippen LogP contribution in [-0.4, -0.2) is 0 Å². The first kappa shape index (κ1) is 24.4. The summed E-state index contributed by atoms with van der Waals surface area (Å²) >= 11 is 0. The number of pyridine rings is 3. The molecule has 0 fully saturated rings. The fraction of sp³-hybridized carbons (Fsp3) is 0.125. The lowest BCUT2D eigenvalue weighted by Gasteiger charge is -2.22. The first-order valence-electron chi connectivity index (χ1n) is 15.2. The van der Waals surface area contributed by atoms with Gasteiger partial charge in [0.25, 0.3) is 11.4 Å². The Balaban J connectivity index is 1.74. The van der Waals surface area contributed by atoms with Crippen LogP contribution in [0.2, 0.25) is 0 Å². The Kier molecular flexibility index (Phi) is 4.94. The summed E-state index contributed by atoms with van der Waals surface area (Å²) in [6.07, 6.45) is 5.32. The Morgan fingerprint density at radius 3 is 1.77 bits per heavy atom. The SMILES string of the molecule is Cc1cc(C)c2c3c1-c1cccc[n+]1C1=C(c4ccccc4-c4c(C)cc(C)c([n+]4-3)-c3ccccc3C1)[n+]1ccccc1-2. The van der Waals surface area contributed by atoms with Gasteiger partial charge in [-0.2, -0.15) is 13.7 Å². The van der Waals surface area contributed by atoms with Gasteiger partial charge in [0.15, 0.2) is 12.4 Å². The monoisotopic (exact) mass is 554 g/mol. The van der Waals surface area contributed by atoms with Crippen molar-refractivity contribution in [2.45, 2.75) is 34.1 Å². The molecule has 6 aromatic rings. The molecule has 0 N–H and O–H groups in total. The molecule has 4 aliphatic heterocycles. The lowest BCUT2D eigenvalue weighted by molar-refractivity contribution is -0.598. The van der Waals surface area contributed by atoms with Crippen molar-refractivity contribution < 1.29 is 13.7 Å². The zero-order valence-electron chi connectivity index (χ0n) is 24.9. The molecule has 3 aromatic carbocycles. The van der Waals surface area contributed by atoms with Crippen LogP contribution in [0.3, 0.4) is 0 Å². The van der Waals surface area contributed by atoms with E-state index in [1.165, 1.54) is 95.5 Å². The van der Waals surface area contributed by atoms with E-state index >= 15 is 0 Å². The predicted molar refractivity (Wildman–Crippen MR) is 171 cm³/mol. The second-order valence-electron chi connectivity index (χ2n) is 12.2. The third kappa shape index (κ3) is 3.17. The molecule has 0 spiro atoms. The molecule has 3 nitrogen and oxygen atoms in total. The van der Waals surface area contributed by atoms with Crippen LogP contribution in [0.15, 0.2) is 109 Å². The van der Waals surface area contributed by atoms with Crippen LogP contribution in [0.25, 0.3) is 62.1 Å². The summed E-state index contributed by atoms with van der Waals surface area (Å²) in [5.74, 6) is 0. The average Bonchev–Trinajstić information content (AvgIpc) is 3.06. The molecule has 7 heterocycles. The van der Waals surface area contributed by atoms with Crippen LogP contribution in [-0.2, 0) is 6.42 Å². The smallest absolute Gasteiger partial charge is 0.157 e. The predicted octanol–water partition coefficient (Wildman–Crippen LogP) is 7.50. The number of rotatable bonds is 0. The van der Waals surface area contributed by atoms with Gasteiger partial charge in [0.05, 0.1) is 23.1 Å². The molecular weight excluding hydrogens is 522 g/mol. The van der Waals surface area contributed by atoms with Crippen molar-refractivity contribution in [3.63, 3.8) is 0 Å². The van der Waals surface area contributed by atoms with Gasteiger partial charge >= 0.3 is 0 Å². The Morgan fingerprint density at radius 1 is 0.512 bits per heavy atom. The van der Waals surface area contributed by atoms with Gasteiger partial charge in [0.1, 0.15) is 11.1 Å². The van der Waals surface area contributed by atoms with Gasteiger partial charge in [0.2, 0.25) is 28.5 Å². The maximum absolute atomic E-state index is 2.64. The summed E-state index contributed by atoms with van der Waals surface area (Å²) in [5, 5.41) is 0. The van der Waals surface area contributed by atoms with E-state index < -0.39 is 0 Å². The average molecular weight is 555 g/mol. The first-order chi connectivity index (χ1) is 21.0. The van der Waals surface area contributed by atoms with Crippen LogP contribution in [0.4, 0.5) is 0 Å². The fourth-order valence-corrected chi connectivity index (χ4v) is 8.07. The number of aromatic nitrogens is 3. The van der Waals surface area contributed by atoms with Gasteiger partial charge in [-0.15, -0.1) is 0 Å². The molecule has 3 heteroatoms. The quantitative estimate of drug-likeness (QED) is 0.172. The van der Waals surface area contributed by atoms with Crippen molar-refractivity contribution in [1.82, 2.24) is 0 Å². The zero-order valence-corrected chi connectivity index (χ0v) is 24.9. The largest absolute Gasteiger partial charge is 0.287 e. The molecular formula is C40H32N3+3. The van der Waals surface area contributed by atoms with E-state index in [0.717, 1.165) is 6.42 Å². The van der Waals surface area contributed by atoms with Gasteiger partial charge in [0, 0.05) is 35.4 Å². The minimum absolute atomic E-state index is 0.787. The van der Waals surface area contributed by atoms with Gasteiger partial charge in [-0.3, -0.25) is 0 Å². The van der Waals surface area contributed by atoms with Crippen LogP contribution in [0.1, 0.15) is 33.4 Å². The van der Waals surface area contributed by atoms with Gasteiger partial charge in [-0.05, 0) is 80.8 Å². The van der Waals surface area contributed by atoms with Gasteiger partial charge in [-0.25, -0.2) is 0 Å². The van der Waals surface area contributed by atoms with E-state index in [9.17, 15) is 0 Å². The van der Waals surface area contributed by atoms with Crippen molar-refractivity contribution in [3.8, 4) is 50.7 Å². The lowest BCUT2D eigenvalue weighted by atomic mass is 9.87. The Morgan fingerprint density at radius 2 is 1.05 bits per heavy atom. The van der Waals surface area contributed by atoms with Crippen molar-refractivity contribution in [1.29, 1.82) is 0 Å². The fourth-order valence-electron chi connectivity index (χ4n) is 8.07. The highest BCUT2D eigenvalue weighted by Crippen LogP contribution is 2.45. The number of allylic oxidation sites excluding steroid dienone is 1. The number of nitrogens with zero attached hydrogens (tertiary/aromatic N) is 3. The Hall–Kier alpha value is -5.15. The van der Waals surface area contributed by atoms with Crippen molar-refractivity contribution >= 4 is 11.4 Å². The van der Waals surface area contributed by atoms with Crippen LogP contribution in [0, 0.1) is 27.7 Å². The zero-order chi connectivity index (χ0) is 29.0. The topological polar surface area (TPSA) is 11.6 Å². The molecule has 4 aliphatic rings. The van der Waals surface area contributed by atoms with Crippen LogP contribution in [0.5, 0.6) is 0 Å². The minimum atomic E-state index is 0.787. The highest BCUT2D eigenvalue weighted by atomic mass is 15.1. The summed E-state index contributed by atoms with van der Waals surface area (Å²) in [6.45, 7) is 9.15. The maximum Gasteiger partial charge on any atom is 0.287 e. The molecule has 0 radical (unpaired) electrons. The highest BCUT2D eigenvalue weighted by Gasteiger charge is 2.46. The van der Waals surface area contributed by atoms with Crippen molar-refractivity contribution in [2.24, 2.45) is 0 Å². The number of hydrogen-bond acceptors (Lipinski definition) is 0. The van der Waals surface area contributed by atoms with E-state index in [0.29, 0.717) is 0 Å². The van der Waals surface area contributed by atoms with E-state index in [4.69, 9.17) is 0 Å². The van der Waals surface area contributed by atoms with Crippen molar-refractivity contribution in [3.05, 3.63) is 143 Å². The molecule has 0 amide bonds. The van der Waals surface area contributed by atoms with Gasteiger partial charge in [-0.1, -0.05) is 36.4 Å². The standard InChI is InChI=1S/C40H32N3/c1-24-21-25(2)36-33-18-10-12-20-42(33)39-31-16-8-7-15-30(31)38-27(4)22-26(3)37-29-14-6-5-13-28(29)23-34(39)41-19-11-9-17-32(41)35(24)40(36)43(37)38/h5-22H,23H2,1-4H3/q+3. The van der Waals surface area contributed by atoms with E-state index in [-0.39, 0.29) is 0 Å². The van der Waals surface area contributed by atoms with Gasteiger partial charge < -0.3 is 0 Å². The summed E-state index contributed by atoms with van der Waals surface area (Å²) in [7, 11) is 0. The third-order valence-corrected chi connectivity index (χ3v) is 9.65. The van der Waals surface area contributed by atoms with E-state index in [1.807, 2.05) is 0 Å². The lowest BCUT2D eigenvalue weighted by Crippen LogP contribution is -2.45. The molecule has 0 aliphatic carbocycles. The Labute approximate surface area is 252 Å². The number of hydrogen-bond donors (Lipinski definition) is 0. The summed E-state index contributed by atoms with van der Waals surface area (Å²) in [5.41, 5.74) is 21.5.